The highest BCUT2D eigenvalue weighted by molar-refractivity contribution is 6.04. The maximum Gasteiger partial charge on any atom is 0.416 e. The molecule has 0 aliphatic carbocycles. The van der Waals surface area contributed by atoms with Crippen LogP contribution in [0.15, 0.2) is 66.7 Å². The lowest BCUT2D eigenvalue weighted by atomic mass is 9.96. The van der Waals surface area contributed by atoms with Crippen molar-refractivity contribution < 1.29 is 22.9 Å². The van der Waals surface area contributed by atoms with E-state index in [1.807, 2.05) is 12.1 Å². The second-order valence-electron chi connectivity index (χ2n) is 8.84. The van der Waals surface area contributed by atoms with E-state index in [1.54, 1.807) is 0 Å². The van der Waals surface area contributed by atoms with Crippen molar-refractivity contribution in [1.82, 2.24) is 10.2 Å². The van der Waals surface area contributed by atoms with Gasteiger partial charge in [0.25, 0.3) is 11.6 Å². The lowest BCUT2D eigenvalue weighted by Gasteiger charge is -2.15. The van der Waals surface area contributed by atoms with Gasteiger partial charge in [-0.3, -0.25) is 19.8 Å². The van der Waals surface area contributed by atoms with Crippen LogP contribution in [0.1, 0.15) is 39.9 Å². The summed E-state index contributed by atoms with van der Waals surface area (Å²) in [5.41, 5.74) is 1.30. The number of alkyl halides is 3. The number of nitrogens with one attached hydrogen (secondary N) is 1. The number of nitrogens with zero attached hydrogens (tertiary/aromatic N) is 2. The number of rotatable bonds is 8. The zero-order chi connectivity index (χ0) is 25.7. The fourth-order valence-electron chi connectivity index (χ4n) is 4.43. The molecule has 9 heteroatoms. The zero-order valence-electron chi connectivity index (χ0n) is 19.6. The van der Waals surface area contributed by atoms with Crippen molar-refractivity contribution in [2.45, 2.75) is 32.0 Å². The molecule has 0 aromatic heterocycles. The summed E-state index contributed by atoms with van der Waals surface area (Å²) in [6.07, 6.45) is -1.50. The summed E-state index contributed by atoms with van der Waals surface area (Å²) in [7, 11) is 0. The Morgan fingerprint density at radius 3 is 2.19 bits per heavy atom. The molecule has 3 aromatic carbocycles. The third-order valence-corrected chi connectivity index (χ3v) is 6.32. The quantitative estimate of drug-likeness (QED) is 0.313. The highest BCUT2D eigenvalue weighted by atomic mass is 19.4. The summed E-state index contributed by atoms with van der Waals surface area (Å²) < 4.78 is 38.8. The van der Waals surface area contributed by atoms with Crippen molar-refractivity contribution in [2.24, 2.45) is 0 Å². The molecule has 1 N–H and O–H groups in total. The first-order valence-corrected chi connectivity index (χ1v) is 11.8. The van der Waals surface area contributed by atoms with Gasteiger partial charge in [-0.25, -0.2) is 0 Å². The molecule has 1 saturated heterocycles. The first-order valence-electron chi connectivity index (χ1n) is 11.8. The van der Waals surface area contributed by atoms with E-state index < -0.39 is 28.3 Å². The summed E-state index contributed by atoms with van der Waals surface area (Å²) in [6.45, 7) is 3.41. The van der Waals surface area contributed by atoms with Gasteiger partial charge in [-0.05, 0) is 61.2 Å². The molecule has 1 heterocycles. The Hall–Kier alpha value is -3.72. The first-order chi connectivity index (χ1) is 17.2. The van der Waals surface area contributed by atoms with E-state index in [4.69, 9.17) is 0 Å². The van der Waals surface area contributed by atoms with Crippen molar-refractivity contribution in [1.29, 1.82) is 0 Å². The summed E-state index contributed by atoms with van der Waals surface area (Å²) in [5.74, 6) is -0.650. The van der Waals surface area contributed by atoms with E-state index in [0.717, 1.165) is 37.3 Å². The predicted octanol–water partition coefficient (Wildman–Crippen LogP) is 5.85. The number of carbonyl (C=O) groups is 1. The number of halogens is 3. The van der Waals surface area contributed by atoms with E-state index in [-0.39, 0.29) is 23.2 Å². The topological polar surface area (TPSA) is 75.5 Å². The molecular weight excluding hydrogens is 471 g/mol. The van der Waals surface area contributed by atoms with Crippen LogP contribution in [-0.4, -0.2) is 35.4 Å². The lowest BCUT2D eigenvalue weighted by Crippen LogP contribution is -2.27. The Labute approximate surface area is 206 Å². The molecule has 6 nitrogen and oxygen atoms in total. The average Bonchev–Trinajstić information content (AvgIpc) is 3.37. The number of hydrogen-bond donors (Lipinski definition) is 1. The molecule has 1 fully saturated rings. The van der Waals surface area contributed by atoms with Crippen LogP contribution in [0, 0.1) is 10.1 Å². The lowest BCUT2D eigenvalue weighted by molar-refractivity contribution is -0.385. The van der Waals surface area contributed by atoms with E-state index in [1.165, 1.54) is 48.7 Å². The van der Waals surface area contributed by atoms with E-state index in [0.29, 0.717) is 6.42 Å². The van der Waals surface area contributed by atoms with Gasteiger partial charge in [0, 0.05) is 24.7 Å². The smallest absolute Gasteiger partial charge is 0.351 e. The van der Waals surface area contributed by atoms with Crippen LogP contribution in [0.4, 0.5) is 18.9 Å². The molecule has 1 aliphatic heterocycles. The summed E-state index contributed by atoms with van der Waals surface area (Å²) in [4.78, 5) is 26.4. The Morgan fingerprint density at radius 2 is 1.58 bits per heavy atom. The van der Waals surface area contributed by atoms with Gasteiger partial charge < -0.3 is 5.32 Å². The predicted molar refractivity (Wildman–Crippen MR) is 131 cm³/mol. The van der Waals surface area contributed by atoms with Gasteiger partial charge in [-0.2, -0.15) is 13.2 Å². The molecule has 1 aliphatic rings. The van der Waals surface area contributed by atoms with Crippen molar-refractivity contribution >= 4 is 11.6 Å². The number of amides is 1. The molecular formula is C27H26F3N3O3. The maximum absolute atomic E-state index is 13.0. The van der Waals surface area contributed by atoms with Gasteiger partial charge in [0.05, 0.1) is 10.5 Å². The standard InChI is InChI=1S/C27H26F3N3O3/c28-27(29,30)22-12-10-21(11-13-22)23-4-3-5-24(33(35)36)25(23)26(34)31-15-14-19-6-8-20(9-7-19)18-32-16-1-2-17-32/h3-13H,1-2,14-18H2,(H,31,34). The Bertz CT molecular complexity index is 1220. The third-order valence-electron chi connectivity index (χ3n) is 6.32. The van der Waals surface area contributed by atoms with Crippen LogP contribution in [-0.2, 0) is 19.1 Å². The van der Waals surface area contributed by atoms with Crippen LogP contribution < -0.4 is 5.32 Å². The van der Waals surface area contributed by atoms with Crippen LogP contribution in [0.2, 0.25) is 0 Å². The molecule has 0 radical (unpaired) electrons. The number of likely N-dealkylation sites (tertiary alicyclic amines) is 1. The van der Waals surface area contributed by atoms with Crippen molar-refractivity contribution in [3.8, 4) is 11.1 Å². The first kappa shape index (κ1) is 25.4. The molecule has 0 saturated carbocycles. The highest BCUT2D eigenvalue weighted by Crippen LogP contribution is 2.34. The van der Waals surface area contributed by atoms with Crippen molar-refractivity contribution in [3.05, 3.63) is 99.1 Å². The van der Waals surface area contributed by atoms with Gasteiger partial charge in [-0.1, -0.05) is 48.5 Å². The molecule has 188 valence electrons. The van der Waals surface area contributed by atoms with E-state index in [2.05, 4.69) is 22.3 Å². The van der Waals surface area contributed by atoms with Gasteiger partial charge >= 0.3 is 6.18 Å². The Kier molecular flexibility index (Phi) is 7.69. The fourth-order valence-corrected chi connectivity index (χ4v) is 4.43. The number of hydrogen-bond acceptors (Lipinski definition) is 4. The number of carbonyl (C=O) groups excluding carboxylic acids is 1. The van der Waals surface area contributed by atoms with Crippen LogP contribution in [0.5, 0.6) is 0 Å². The minimum absolute atomic E-state index is 0.178. The SMILES string of the molecule is O=C(NCCc1ccc(CN2CCCC2)cc1)c1c(-c2ccc(C(F)(F)F)cc2)cccc1[N+](=O)[O-]. The van der Waals surface area contributed by atoms with Crippen LogP contribution >= 0.6 is 0 Å². The average molecular weight is 498 g/mol. The molecule has 0 spiro atoms. The molecule has 0 unspecified atom stereocenters. The molecule has 4 rings (SSSR count). The third kappa shape index (κ3) is 6.09. The Morgan fingerprint density at radius 1 is 0.944 bits per heavy atom. The Balaban J connectivity index is 1.46. The molecule has 3 aromatic rings. The minimum atomic E-state index is -4.51. The van der Waals surface area contributed by atoms with Gasteiger partial charge in [0.1, 0.15) is 5.56 Å². The molecule has 36 heavy (non-hydrogen) atoms. The largest absolute Gasteiger partial charge is 0.416 e. The monoisotopic (exact) mass is 497 g/mol. The summed E-state index contributed by atoms with van der Waals surface area (Å²) in [5, 5.41) is 14.3. The summed E-state index contributed by atoms with van der Waals surface area (Å²) >= 11 is 0. The van der Waals surface area contributed by atoms with Crippen LogP contribution in [0.3, 0.4) is 0 Å². The van der Waals surface area contributed by atoms with Crippen LogP contribution in [0.25, 0.3) is 11.1 Å². The molecule has 1 amide bonds. The van der Waals surface area contributed by atoms with E-state index in [9.17, 15) is 28.1 Å². The molecule has 0 bridgehead atoms. The second-order valence-corrected chi connectivity index (χ2v) is 8.84. The van der Waals surface area contributed by atoms with Gasteiger partial charge in [0.15, 0.2) is 0 Å². The second kappa shape index (κ2) is 10.9. The highest BCUT2D eigenvalue weighted by Gasteiger charge is 2.30. The zero-order valence-corrected chi connectivity index (χ0v) is 19.6. The van der Waals surface area contributed by atoms with E-state index >= 15 is 0 Å². The van der Waals surface area contributed by atoms with Crippen molar-refractivity contribution in [3.63, 3.8) is 0 Å². The number of benzene rings is 3. The summed E-state index contributed by atoms with van der Waals surface area (Å²) in [6, 6.07) is 16.5. The normalized spacial score (nSPS) is 14.1. The number of nitro groups is 1. The fraction of sp³-hybridized carbons (Fsp3) is 0.296. The van der Waals surface area contributed by atoms with Gasteiger partial charge in [0.2, 0.25) is 0 Å². The maximum atomic E-state index is 13.0. The minimum Gasteiger partial charge on any atom is -0.351 e. The van der Waals surface area contributed by atoms with Gasteiger partial charge in [-0.15, -0.1) is 0 Å². The number of nitro benzene ring substituents is 1. The van der Waals surface area contributed by atoms with Crippen molar-refractivity contribution in [2.75, 3.05) is 19.6 Å². The molecule has 0 atom stereocenters.